The Morgan fingerprint density at radius 3 is 2.43 bits per heavy atom. The van der Waals surface area contributed by atoms with Gasteiger partial charge in [-0.3, -0.25) is 9.89 Å². The summed E-state index contributed by atoms with van der Waals surface area (Å²) in [6, 6.07) is 18.0. The fourth-order valence-electron chi connectivity index (χ4n) is 2.92. The van der Waals surface area contributed by atoms with Gasteiger partial charge in [-0.1, -0.05) is 67.9 Å². The number of amides is 1. The molecule has 0 spiro atoms. The first kappa shape index (κ1) is 19.5. The first-order valence-corrected chi connectivity index (χ1v) is 9.49. The van der Waals surface area contributed by atoms with Gasteiger partial charge in [0.2, 0.25) is 0 Å². The number of hydrazone groups is 1. The molecule has 2 N–H and O–H groups in total. The van der Waals surface area contributed by atoms with Crippen LogP contribution in [0.25, 0.3) is 11.3 Å². The molecule has 1 amide bonds. The lowest BCUT2D eigenvalue weighted by molar-refractivity contribution is 0.0950. The van der Waals surface area contributed by atoms with Gasteiger partial charge >= 0.3 is 0 Å². The highest BCUT2D eigenvalue weighted by Gasteiger charge is 2.11. The van der Waals surface area contributed by atoms with Crippen LogP contribution in [0.1, 0.15) is 48.0 Å². The number of aryl methyl sites for hydroxylation is 1. The molecule has 0 saturated heterocycles. The van der Waals surface area contributed by atoms with E-state index >= 15 is 0 Å². The van der Waals surface area contributed by atoms with Crippen molar-refractivity contribution in [1.82, 2.24) is 15.6 Å². The van der Waals surface area contributed by atoms with Crippen LogP contribution in [0, 0.1) is 12.8 Å². The Labute approximate surface area is 165 Å². The van der Waals surface area contributed by atoms with Gasteiger partial charge in [-0.25, -0.2) is 5.43 Å². The van der Waals surface area contributed by atoms with E-state index in [4.69, 9.17) is 0 Å². The van der Waals surface area contributed by atoms with Crippen LogP contribution < -0.4 is 5.43 Å². The van der Waals surface area contributed by atoms with Crippen LogP contribution in [0.5, 0.6) is 0 Å². The number of carbonyl (C=O) groups is 1. The highest BCUT2D eigenvalue weighted by molar-refractivity contribution is 6.00. The SMILES string of the molecule is C/C(=N/NC(=O)c1cc(-c2ccc(CC(C)C)cc2)n[nH]1)c1ccc(C)cc1. The number of aromatic amines is 1. The monoisotopic (exact) mass is 374 g/mol. The summed E-state index contributed by atoms with van der Waals surface area (Å²) in [6.45, 7) is 8.30. The predicted molar refractivity (Wildman–Crippen MR) is 113 cm³/mol. The van der Waals surface area contributed by atoms with Crippen LogP contribution in [0.15, 0.2) is 59.7 Å². The number of rotatable bonds is 6. The zero-order chi connectivity index (χ0) is 20.1. The fraction of sp³-hybridized carbons (Fsp3) is 0.261. The standard InChI is InChI=1S/C23H26N4O/c1-15(2)13-18-7-11-20(12-8-18)21-14-22(26-25-21)23(28)27-24-17(4)19-9-5-16(3)6-10-19/h5-12,14-15H,13H2,1-4H3,(H,25,26)(H,27,28)/b24-17-. The average molecular weight is 374 g/mol. The molecular weight excluding hydrogens is 348 g/mol. The Bertz CT molecular complexity index is 967. The second kappa shape index (κ2) is 8.65. The molecule has 0 aliphatic rings. The third kappa shape index (κ3) is 4.94. The Hall–Kier alpha value is -3.21. The number of benzene rings is 2. The summed E-state index contributed by atoms with van der Waals surface area (Å²) in [5, 5.41) is 11.2. The van der Waals surface area contributed by atoms with Crippen LogP contribution in [0.2, 0.25) is 0 Å². The molecule has 0 atom stereocenters. The minimum atomic E-state index is -0.318. The molecule has 0 unspecified atom stereocenters. The molecule has 0 aliphatic carbocycles. The van der Waals surface area contributed by atoms with Gasteiger partial charge in [0.1, 0.15) is 5.69 Å². The van der Waals surface area contributed by atoms with Crippen molar-refractivity contribution in [3.63, 3.8) is 0 Å². The summed E-state index contributed by atoms with van der Waals surface area (Å²) in [5.41, 5.74) is 8.87. The molecule has 0 radical (unpaired) electrons. The molecule has 0 saturated carbocycles. The molecule has 28 heavy (non-hydrogen) atoms. The second-order valence-electron chi connectivity index (χ2n) is 7.47. The molecule has 3 aromatic rings. The molecule has 144 valence electrons. The molecule has 5 heteroatoms. The third-order valence-corrected chi connectivity index (χ3v) is 4.51. The second-order valence-corrected chi connectivity index (χ2v) is 7.47. The maximum atomic E-state index is 12.4. The smallest absolute Gasteiger partial charge is 0.272 e. The maximum Gasteiger partial charge on any atom is 0.289 e. The summed E-state index contributed by atoms with van der Waals surface area (Å²) in [7, 11) is 0. The quantitative estimate of drug-likeness (QED) is 0.483. The van der Waals surface area contributed by atoms with E-state index in [1.807, 2.05) is 50.2 Å². The van der Waals surface area contributed by atoms with Crippen molar-refractivity contribution in [1.29, 1.82) is 0 Å². The van der Waals surface area contributed by atoms with Crippen LogP contribution in [-0.2, 0) is 6.42 Å². The van der Waals surface area contributed by atoms with Crippen molar-refractivity contribution in [2.24, 2.45) is 11.0 Å². The molecule has 1 heterocycles. The van der Waals surface area contributed by atoms with E-state index in [1.165, 1.54) is 11.1 Å². The maximum absolute atomic E-state index is 12.4. The van der Waals surface area contributed by atoms with Gasteiger partial charge in [0, 0.05) is 5.56 Å². The van der Waals surface area contributed by atoms with Crippen molar-refractivity contribution in [3.05, 3.63) is 77.0 Å². The number of H-pyrrole nitrogens is 1. The summed E-state index contributed by atoms with van der Waals surface area (Å²) in [4.78, 5) is 12.4. The largest absolute Gasteiger partial charge is 0.289 e. The van der Waals surface area contributed by atoms with Gasteiger partial charge < -0.3 is 0 Å². The molecule has 3 rings (SSSR count). The van der Waals surface area contributed by atoms with Gasteiger partial charge in [0.15, 0.2) is 0 Å². The summed E-state index contributed by atoms with van der Waals surface area (Å²) >= 11 is 0. The summed E-state index contributed by atoms with van der Waals surface area (Å²) < 4.78 is 0. The van der Waals surface area contributed by atoms with E-state index < -0.39 is 0 Å². The molecule has 5 nitrogen and oxygen atoms in total. The molecule has 0 bridgehead atoms. The van der Waals surface area contributed by atoms with E-state index in [0.717, 1.165) is 29.0 Å². The first-order chi connectivity index (χ1) is 13.4. The first-order valence-electron chi connectivity index (χ1n) is 9.49. The van der Waals surface area contributed by atoms with Gasteiger partial charge in [-0.05, 0) is 43.4 Å². The van der Waals surface area contributed by atoms with Crippen molar-refractivity contribution in [2.75, 3.05) is 0 Å². The van der Waals surface area contributed by atoms with Crippen molar-refractivity contribution >= 4 is 11.6 Å². The molecule has 1 aromatic heterocycles. The highest BCUT2D eigenvalue weighted by Crippen LogP contribution is 2.19. The lowest BCUT2D eigenvalue weighted by Gasteiger charge is -2.05. The minimum absolute atomic E-state index is 0.318. The number of aromatic nitrogens is 2. The Balaban J connectivity index is 1.66. The Morgan fingerprint density at radius 2 is 1.79 bits per heavy atom. The average Bonchev–Trinajstić information content (AvgIpc) is 3.17. The van der Waals surface area contributed by atoms with Crippen LogP contribution in [0.3, 0.4) is 0 Å². The topological polar surface area (TPSA) is 70.1 Å². The van der Waals surface area contributed by atoms with E-state index in [0.29, 0.717) is 11.6 Å². The lowest BCUT2D eigenvalue weighted by atomic mass is 10.0. The number of carbonyl (C=O) groups excluding carboxylic acids is 1. The minimum Gasteiger partial charge on any atom is -0.272 e. The fourth-order valence-corrected chi connectivity index (χ4v) is 2.92. The van der Waals surface area contributed by atoms with E-state index in [1.54, 1.807) is 6.07 Å². The molecule has 0 fully saturated rings. The van der Waals surface area contributed by atoms with E-state index in [-0.39, 0.29) is 5.91 Å². The van der Waals surface area contributed by atoms with Crippen molar-refractivity contribution < 1.29 is 4.79 Å². The van der Waals surface area contributed by atoms with Crippen molar-refractivity contribution in [3.8, 4) is 11.3 Å². The molecule has 2 aromatic carbocycles. The Morgan fingerprint density at radius 1 is 1.11 bits per heavy atom. The third-order valence-electron chi connectivity index (χ3n) is 4.51. The van der Waals surface area contributed by atoms with Crippen LogP contribution >= 0.6 is 0 Å². The van der Waals surface area contributed by atoms with Gasteiger partial charge in [0.05, 0.1) is 11.4 Å². The molecular formula is C23H26N4O. The number of nitrogens with one attached hydrogen (secondary N) is 2. The summed E-state index contributed by atoms with van der Waals surface area (Å²) in [5.74, 6) is 0.303. The van der Waals surface area contributed by atoms with Gasteiger partial charge in [0.25, 0.3) is 5.91 Å². The van der Waals surface area contributed by atoms with Crippen molar-refractivity contribution in [2.45, 2.75) is 34.1 Å². The van der Waals surface area contributed by atoms with E-state index in [2.05, 4.69) is 46.7 Å². The predicted octanol–water partition coefficient (Wildman–Crippen LogP) is 4.74. The zero-order valence-corrected chi connectivity index (χ0v) is 16.8. The summed E-state index contributed by atoms with van der Waals surface area (Å²) in [6.07, 6.45) is 1.05. The van der Waals surface area contributed by atoms with Crippen LogP contribution in [-0.4, -0.2) is 21.8 Å². The Kier molecular flexibility index (Phi) is 6.04. The van der Waals surface area contributed by atoms with E-state index in [9.17, 15) is 4.79 Å². The number of hydrogen-bond acceptors (Lipinski definition) is 3. The number of nitrogens with zero attached hydrogens (tertiary/aromatic N) is 2. The molecule has 0 aliphatic heterocycles. The number of hydrogen-bond donors (Lipinski definition) is 2. The normalized spacial score (nSPS) is 11.7. The zero-order valence-electron chi connectivity index (χ0n) is 16.8. The van der Waals surface area contributed by atoms with Gasteiger partial charge in [-0.2, -0.15) is 10.2 Å². The lowest BCUT2D eigenvalue weighted by Crippen LogP contribution is -2.19. The van der Waals surface area contributed by atoms with Crippen LogP contribution in [0.4, 0.5) is 0 Å². The highest BCUT2D eigenvalue weighted by atomic mass is 16.2. The van der Waals surface area contributed by atoms with Gasteiger partial charge in [-0.15, -0.1) is 0 Å².